The van der Waals surface area contributed by atoms with Gasteiger partial charge in [-0.2, -0.15) is 0 Å². The zero-order valence-electron chi connectivity index (χ0n) is 10.5. The Labute approximate surface area is 121 Å². The first kappa shape index (κ1) is 14.5. The number of rotatable bonds is 1. The SMILES string of the molecule is CC(=O)N1CCCc2ccc(S(N)(=O)=O)c(Br)c2C1. The van der Waals surface area contributed by atoms with Crippen LogP contribution in [-0.2, 0) is 27.8 Å². The second kappa shape index (κ2) is 5.22. The molecular weight excluding hydrogens is 332 g/mol. The van der Waals surface area contributed by atoms with Crippen molar-refractivity contribution in [3.05, 3.63) is 27.7 Å². The number of carbonyl (C=O) groups is 1. The molecule has 1 aromatic rings. The number of halogens is 1. The Hall–Kier alpha value is -0.920. The summed E-state index contributed by atoms with van der Waals surface area (Å²) < 4.78 is 23.5. The molecule has 19 heavy (non-hydrogen) atoms. The Bertz CT molecular complexity index is 628. The van der Waals surface area contributed by atoms with Gasteiger partial charge in [0.2, 0.25) is 15.9 Å². The fourth-order valence-electron chi connectivity index (χ4n) is 2.26. The predicted molar refractivity (Wildman–Crippen MR) is 74.9 cm³/mol. The van der Waals surface area contributed by atoms with Crippen LogP contribution in [0.5, 0.6) is 0 Å². The van der Waals surface area contributed by atoms with Crippen molar-refractivity contribution in [1.82, 2.24) is 4.90 Å². The van der Waals surface area contributed by atoms with Crippen LogP contribution in [0.15, 0.2) is 21.5 Å². The van der Waals surface area contributed by atoms with Gasteiger partial charge in [0.15, 0.2) is 0 Å². The van der Waals surface area contributed by atoms with Crippen LogP contribution in [0.3, 0.4) is 0 Å². The van der Waals surface area contributed by atoms with Gasteiger partial charge in [-0.05, 0) is 46.0 Å². The van der Waals surface area contributed by atoms with E-state index in [4.69, 9.17) is 5.14 Å². The highest BCUT2D eigenvalue weighted by Crippen LogP contribution is 2.31. The van der Waals surface area contributed by atoms with Gasteiger partial charge in [0, 0.05) is 24.5 Å². The van der Waals surface area contributed by atoms with E-state index in [1.807, 2.05) is 0 Å². The summed E-state index contributed by atoms with van der Waals surface area (Å²) in [5, 5.41) is 5.19. The first-order chi connectivity index (χ1) is 8.80. The average Bonchev–Trinajstić information content (AvgIpc) is 2.50. The highest BCUT2D eigenvalue weighted by atomic mass is 79.9. The molecular formula is C12H15BrN2O3S. The second-order valence-corrected chi connectivity index (χ2v) is 6.93. The summed E-state index contributed by atoms with van der Waals surface area (Å²) in [6, 6.07) is 3.30. The molecule has 0 bridgehead atoms. The van der Waals surface area contributed by atoms with Crippen LogP contribution in [0.25, 0.3) is 0 Å². The molecule has 5 nitrogen and oxygen atoms in total. The number of benzene rings is 1. The van der Waals surface area contributed by atoms with Crippen molar-refractivity contribution in [2.45, 2.75) is 31.2 Å². The number of sulfonamides is 1. The van der Waals surface area contributed by atoms with Crippen molar-refractivity contribution in [3.8, 4) is 0 Å². The Morgan fingerprint density at radius 2 is 2.11 bits per heavy atom. The molecule has 0 unspecified atom stereocenters. The van der Waals surface area contributed by atoms with Crippen molar-refractivity contribution < 1.29 is 13.2 Å². The number of fused-ring (bicyclic) bond motifs is 1. The van der Waals surface area contributed by atoms with Gasteiger partial charge in [0.25, 0.3) is 0 Å². The van der Waals surface area contributed by atoms with Crippen LogP contribution in [0.1, 0.15) is 24.5 Å². The summed E-state index contributed by atoms with van der Waals surface area (Å²) in [6.45, 7) is 2.61. The first-order valence-corrected chi connectivity index (χ1v) is 8.23. The fourth-order valence-corrected chi connectivity index (χ4v) is 4.08. The van der Waals surface area contributed by atoms with Gasteiger partial charge in [0.05, 0.1) is 4.90 Å². The van der Waals surface area contributed by atoms with E-state index in [2.05, 4.69) is 15.9 Å². The van der Waals surface area contributed by atoms with Crippen molar-refractivity contribution in [1.29, 1.82) is 0 Å². The Balaban J connectivity index is 2.54. The molecule has 0 saturated heterocycles. The monoisotopic (exact) mass is 346 g/mol. The number of hydrogen-bond donors (Lipinski definition) is 1. The fraction of sp³-hybridized carbons (Fsp3) is 0.417. The summed E-state index contributed by atoms with van der Waals surface area (Å²) in [4.78, 5) is 13.3. The smallest absolute Gasteiger partial charge is 0.239 e. The number of aryl methyl sites for hydroxylation is 1. The average molecular weight is 347 g/mol. The van der Waals surface area contributed by atoms with Gasteiger partial charge in [-0.1, -0.05) is 6.07 Å². The lowest BCUT2D eigenvalue weighted by atomic mass is 10.0. The van der Waals surface area contributed by atoms with E-state index in [1.165, 1.54) is 13.0 Å². The molecule has 2 rings (SSSR count). The zero-order valence-corrected chi connectivity index (χ0v) is 12.9. The molecule has 1 aliphatic rings. The molecule has 0 aromatic heterocycles. The first-order valence-electron chi connectivity index (χ1n) is 5.89. The van der Waals surface area contributed by atoms with Gasteiger partial charge in [0.1, 0.15) is 0 Å². The summed E-state index contributed by atoms with van der Waals surface area (Å²) in [5.41, 5.74) is 1.89. The molecule has 1 aromatic carbocycles. The van der Waals surface area contributed by atoms with E-state index in [9.17, 15) is 13.2 Å². The number of amides is 1. The molecule has 7 heteroatoms. The molecule has 0 atom stereocenters. The topological polar surface area (TPSA) is 80.5 Å². The van der Waals surface area contributed by atoms with E-state index >= 15 is 0 Å². The predicted octanol–water partition coefficient (Wildman–Crippen LogP) is 1.39. The van der Waals surface area contributed by atoms with Gasteiger partial charge in [-0.3, -0.25) is 4.79 Å². The van der Waals surface area contributed by atoms with Crippen LogP contribution < -0.4 is 5.14 Å². The number of nitrogens with zero attached hydrogens (tertiary/aromatic N) is 1. The van der Waals surface area contributed by atoms with E-state index in [1.54, 1.807) is 11.0 Å². The van der Waals surface area contributed by atoms with Crippen molar-refractivity contribution >= 4 is 31.9 Å². The van der Waals surface area contributed by atoms with Gasteiger partial charge >= 0.3 is 0 Å². The number of primary sulfonamides is 1. The van der Waals surface area contributed by atoms with Crippen molar-refractivity contribution in [2.75, 3.05) is 6.54 Å². The molecule has 0 spiro atoms. The van der Waals surface area contributed by atoms with Crippen molar-refractivity contribution in [2.24, 2.45) is 5.14 Å². The highest BCUT2D eigenvalue weighted by molar-refractivity contribution is 9.10. The molecule has 2 N–H and O–H groups in total. The summed E-state index contributed by atoms with van der Waals surface area (Å²) in [7, 11) is -3.77. The van der Waals surface area contributed by atoms with E-state index in [0.717, 1.165) is 24.0 Å². The third-order valence-corrected chi connectivity index (χ3v) is 5.40. The van der Waals surface area contributed by atoms with E-state index < -0.39 is 10.0 Å². The highest BCUT2D eigenvalue weighted by Gasteiger charge is 2.23. The van der Waals surface area contributed by atoms with Gasteiger partial charge in [-0.25, -0.2) is 13.6 Å². The Kier molecular flexibility index (Phi) is 3.98. The number of carbonyl (C=O) groups excluding carboxylic acids is 1. The van der Waals surface area contributed by atoms with Crippen LogP contribution in [0.2, 0.25) is 0 Å². The minimum absolute atomic E-state index is 0.0132. The lowest BCUT2D eigenvalue weighted by molar-refractivity contribution is -0.129. The minimum atomic E-state index is -3.77. The summed E-state index contributed by atoms with van der Waals surface area (Å²) in [6.07, 6.45) is 1.69. The minimum Gasteiger partial charge on any atom is -0.339 e. The molecule has 0 aliphatic carbocycles. The van der Waals surface area contributed by atoms with Gasteiger partial charge < -0.3 is 4.90 Å². The summed E-state index contributed by atoms with van der Waals surface area (Å²) in [5.74, 6) is -0.0132. The third kappa shape index (κ3) is 2.98. The lowest BCUT2D eigenvalue weighted by Gasteiger charge is -2.20. The van der Waals surface area contributed by atoms with Crippen molar-refractivity contribution in [3.63, 3.8) is 0 Å². The van der Waals surface area contributed by atoms with Crippen LogP contribution in [0.4, 0.5) is 0 Å². The molecule has 104 valence electrons. The second-order valence-electron chi connectivity index (χ2n) is 4.60. The van der Waals surface area contributed by atoms with E-state index in [-0.39, 0.29) is 10.8 Å². The molecule has 1 amide bonds. The molecule has 0 fully saturated rings. The maximum absolute atomic E-state index is 11.5. The van der Waals surface area contributed by atoms with E-state index in [0.29, 0.717) is 17.6 Å². The maximum Gasteiger partial charge on any atom is 0.239 e. The summed E-state index contributed by atoms with van der Waals surface area (Å²) >= 11 is 3.32. The van der Waals surface area contributed by atoms with Crippen LogP contribution in [0, 0.1) is 0 Å². The molecule has 0 radical (unpaired) electrons. The standard InChI is InChI=1S/C12H15BrN2O3S/c1-8(16)15-6-2-3-9-4-5-11(19(14,17)18)12(13)10(9)7-15/h4-5H,2-3,6-7H2,1H3,(H2,14,17,18). The third-order valence-electron chi connectivity index (χ3n) is 3.28. The van der Waals surface area contributed by atoms with Gasteiger partial charge in [-0.15, -0.1) is 0 Å². The molecule has 1 heterocycles. The largest absolute Gasteiger partial charge is 0.339 e. The normalized spacial score (nSPS) is 15.8. The zero-order chi connectivity index (χ0) is 14.2. The quantitative estimate of drug-likeness (QED) is 0.834. The Morgan fingerprint density at radius 1 is 1.42 bits per heavy atom. The van der Waals surface area contributed by atoms with Crippen LogP contribution in [-0.4, -0.2) is 25.8 Å². The lowest BCUT2D eigenvalue weighted by Crippen LogP contribution is -2.28. The number of nitrogens with two attached hydrogens (primary N) is 1. The number of hydrogen-bond acceptors (Lipinski definition) is 3. The molecule has 1 aliphatic heterocycles. The van der Waals surface area contributed by atoms with Crippen LogP contribution >= 0.6 is 15.9 Å². The Morgan fingerprint density at radius 3 is 2.68 bits per heavy atom. The molecule has 0 saturated carbocycles. The maximum atomic E-state index is 11.5.